The van der Waals surface area contributed by atoms with Crippen molar-refractivity contribution in [3.05, 3.63) is 82.5 Å². The number of amides is 2. The monoisotopic (exact) mass is 407 g/mol. The van der Waals surface area contributed by atoms with E-state index in [0.717, 1.165) is 11.3 Å². The third-order valence-corrected chi connectivity index (χ3v) is 4.63. The summed E-state index contributed by atoms with van der Waals surface area (Å²) in [7, 11) is 0. The first-order valence-electron chi connectivity index (χ1n) is 9.30. The maximum Gasteiger partial charge on any atom is 0.257 e. The van der Waals surface area contributed by atoms with Gasteiger partial charge in [-0.2, -0.15) is 0 Å². The van der Waals surface area contributed by atoms with Crippen LogP contribution in [0.1, 0.15) is 40.3 Å². The molecular formula is C23H22ClN3O2. The number of nitrogens with zero attached hydrogens (tertiary/aromatic N) is 1. The highest BCUT2D eigenvalue weighted by molar-refractivity contribution is 6.34. The lowest BCUT2D eigenvalue weighted by Gasteiger charge is -2.13. The van der Waals surface area contributed by atoms with Crippen molar-refractivity contribution in [1.29, 1.82) is 0 Å². The van der Waals surface area contributed by atoms with Crippen LogP contribution >= 0.6 is 11.6 Å². The molecule has 1 aromatic heterocycles. The predicted molar refractivity (Wildman–Crippen MR) is 116 cm³/mol. The van der Waals surface area contributed by atoms with Crippen molar-refractivity contribution in [2.75, 3.05) is 5.32 Å². The zero-order valence-electron chi connectivity index (χ0n) is 16.5. The van der Waals surface area contributed by atoms with E-state index in [0.29, 0.717) is 27.5 Å². The van der Waals surface area contributed by atoms with Crippen LogP contribution in [0.2, 0.25) is 5.02 Å². The number of anilines is 1. The Morgan fingerprint density at radius 1 is 0.966 bits per heavy atom. The summed E-state index contributed by atoms with van der Waals surface area (Å²) in [5.74, 6) is -0.560. The molecule has 148 valence electrons. The second-order valence-corrected chi connectivity index (χ2v) is 7.38. The van der Waals surface area contributed by atoms with Crippen LogP contribution in [0.3, 0.4) is 0 Å². The van der Waals surface area contributed by atoms with Gasteiger partial charge in [-0.15, -0.1) is 0 Å². The topological polar surface area (TPSA) is 71.1 Å². The van der Waals surface area contributed by atoms with E-state index in [1.165, 1.54) is 0 Å². The van der Waals surface area contributed by atoms with E-state index in [9.17, 15) is 9.59 Å². The smallest absolute Gasteiger partial charge is 0.257 e. The Bertz CT molecular complexity index is 1050. The largest absolute Gasteiger partial charge is 0.350 e. The summed E-state index contributed by atoms with van der Waals surface area (Å²) >= 11 is 6.22. The molecular weight excluding hydrogens is 386 g/mol. The number of benzene rings is 2. The van der Waals surface area contributed by atoms with Gasteiger partial charge in [-0.3, -0.25) is 14.6 Å². The molecule has 0 unspecified atom stereocenters. The lowest BCUT2D eigenvalue weighted by Crippen LogP contribution is -2.30. The van der Waals surface area contributed by atoms with Gasteiger partial charge in [0.2, 0.25) is 0 Å². The van der Waals surface area contributed by atoms with E-state index >= 15 is 0 Å². The molecule has 0 spiro atoms. The summed E-state index contributed by atoms with van der Waals surface area (Å²) in [6.07, 6.45) is 0. The number of pyridine rings is 1. The van der Waals surface area contributed by atoms with Crippen LogP contribution in [0.25, 0.3) is 11.3 Å². The molecule has 2 aromatic carbocycles. The fourth-order valence-electron chi connectivity index (χ4n) is 2.87. The number of carbonyl (C=O) groups is 2. The van der Waals surface area contributed by atoms with Crippen LogP contribution in [0.4, 0.5) is 5.69 Å². The molecule has 3 rings (SSSR count). The Labute approximate surface area is 175 Å². The van der Waals surface area contributed by atoms with Gasteiger partial charge in [0.15, 0.2) is 0 Å². The number of nitrogens with one attached hydrogen (secondary N) is 2. The third-order valence-electron chi connectivity index (χ3n) is 4.30. The van der Waals surface area contributed by atoms with Crippen LogP contribution < -0.4 is 10.6 Å². The maximum absolute atomic E-state index is 12.8. The standard InChI is InChI=1S/C23H22ClN3O2/c1-14(2)25-22(28)17-9-11-19(24)21(13-17)27-23(29)18-10-12-20(26-15(18)3)16-7-5-4-6-8-16/h4-14H,1-3H3,(H,25,28)(H,27,29). The normalized spacial score (nSPS) is 10.7. The van der Waals surface area contributed by atoms with E-state index in [1.807, 2.05) is 50.2 Å². The Hall–Kier alpha value is -3.18. The zero-order valence-corrected chi connectivity index (χ0v) is 17.2. The van der Waals surface area contributed by atoms with Gasteiger partial charge in [0, 0.05) is 17.2 Å². The maximum atomic E-state index is 12.8. The van der Waals surface area contributed by atoms with E-state index in [-0.39, 0.29) is 17.9 Å². The first kappa shape index (κ1) is 20.6. The summed E-state index contributed by atoms with van der Waals surface area (Å²) in [6.45, 7) is 5.55. The van der Waals surface area contributed by atoms with Gasteiger partial charge in [0.25, 0.3) is 11.8 Å². The second kappa shape index (κ2) is 8.88. The van der Waals surface area contributed by atoms with Crippen molar-refractivity contribution >= 4 is 29.1 Å². The van der Waals surface area contributed by atoms with Gasteiger partial charge in [-0.05, 0) is 51.1 Å². The van der Waals surface area contributed by atoms with Gasteiger partial charge >= 0.3 is 0 Å². The number of rotatable bonds is 5. The van der Waals surface area contributed by atoms with Gasteiger partial charge < -0.3 is 10.6 Å². The Morgan fingerprint density at radius 3 is 2.34 bits per heavy atom. The molecule has 0 saturated heterocycles. The summed E-state index contributed by atoms with van der Waals surface area (Å²) in [5.41, 5.74) is 3.62. The zero-order chi connectivity index (χ0) is 21.0. The molecule has 0 fully saturated rings. The van der Waals surface area contributed by atoms with Gasteiger partial charge in [0.05, 0.1) is 27.7 Å². The number of halogens is 1. The van der Waals surface area contributed by atoms with Crippen molar-refractivity contribution in [3.8, 4) is 11.3 Å². The molecule has 0 aliphatic heterocycles. The van der Waals surface area contributed by atoms with Crippen LogP contribution in [0.15, 0.2) is 60.7 Å². The van der Waals surface area contributed by atoms with Crippen molar-refractivity contribution in [2.24, 2.45) is 0 Å². The first-order chi connectivity index (χ1) is 13.8. The third kappa shape index (κ3) is 5.00. The lowest BCUT2D eigenvalue weighted by molar-refractivity contribution is 0.0941. The van der Waals surface area contributed by atoms with Gasteiger partial charge in [-0.25, -0.2) is 0 Å². The lowest BCUT2D eigenvalue weighted by atomic mass is 10.1. The molecule has 0 saturated carbocycles. The Morgan fingerprint density at radius 2 is 1.69 bits per heavy atom. The van der Waals surface area contributed by atoms with E-state index in [1.54, 1.807) is 31.2 Å². The highest BCUT2D eigenvalue weighted by atomic mass is 35.5. The van der Waals surface area contributed by atoms with Crippen molar-refractivity contribution < 1.29 is 9.59 Å². The fourth-order valence-corrected chi connectivity index (χ4v) is 3.03. The Kier molecular flexibility index (Phi) is 6.29. The number of aromatic nitrogens is 1. The van der Waals surface area contributed by atoms with Crippen LogP contribution in [0.5, 0.6) is 0 Å². The van der Waals surface area contributed by atoms with Gasteiger partial charge in [-0.1, -0.05) is 41.9 Å². The van der Waals surface area contributed by atoms with E-state index < -0.39 is 0 Å². The van der Waals surface area contributed by atoms with Crippen molar-refractivity contribution in [2.45, 2.75) is 26.8 Å². The Balaban J connectivity index is 1.82. The minimum atomic E-state index is -0.335. The summed E-state index contributed by atoms with van der Waals surface area (Å²) in [6, 6.07) is 18.1. The van der Waals surface area contributed by atoms with Gasteiger partial charge in [0.1, 0.15) is 0 Å². The molecule has 1 heterocycles. The average Bonchev–Trinajstić information content (AvgIpc) is 2.69. The summed E-state index contributed by atoms with van der Waals surface area (Å²) < 4.78 is 0. The predicted octanol–water partition coefficient (Wildman–Crippen LogP) is 5.10. The number of hydrogen-bond donors (Lipinski definition) is 2. The van der Waals surface area contributed by atoms with Crippen LogP contribution in [0, 0.1) is 6.92 Å². The van der Waals surface area contributed by atoms with E-state index in [2.05, 4.69) is 15.6 Å². The minimum Gasteiger partial charge on any atom is -0.350 e. The quantitative estimate of drug-likeness (QED) is 0.618. The van der Waals surface area contributed by atoms with Crippen molar-refractivity contribution in [1.82, 2.24) is 10.3 Å². The molecule has 6 heteroatoms. The minimum absolute atomic E-state index is 0.00747. The number of carbonyl (C=O) groups excluding carboxylic acids is 2. The number of hydrogen-bond acceptors (Lipinski definition) is 3. The second-order valence-electron chi connectivity index (χ2n) is 6.97. The summed E-state index contributed by atoms with van der Waals surface area (Å²) in [5, 5.41) is 5.95. The summed E-state index contributed by atoms with van der Waals surface area (Å²) in [4.78, 5) is 29.6. The number of aryl methyl sites for hydroxylation is 1. The molecule has 0 atom stereocenters. The molecule has 0 aliphatic rings. The van der Waals surface area contributed by atoms with E-state index in [4.69, 9.17) is 11.6 Å². The van der Waals surface area contributed by atoms with Crippen LogP contribution in [-0.4, -0.2) is 22.8 Å². The molecule has 29 heavy (non-hydrogen) atoms. The molecule has 0 aliphatic carbocycles. The molecule has 0 radical (unpaired) electrons. The first-order valence-corrected chi connectivity index (χ1v) is 9.68. The van der Waals surface area contributed by atoms with Crippen LogP contribution in [-0.2, 0) is 0 Å². The average molecular weight is 408 g/mol. The highest BCUT2D eigenvalue weighted by Gasteiger charge is 2.15. The molecule has 2 N–H and O–H groups in total. The molecule has 5 nitrogen and oxygen atoms in total. The molecule has 3 aromatic rings. The molecule has 2 amide bonds. The fraction of sp³-hybridized carbons (Fsp3) is 0.174. The molecule has 0 bridgehead atoms. The highest BCUT2D eigenvalue weighted by Crippen LogP contribution is 2.25. The van der Waals surface area contributed by atoms with Crippen molar-refractivity contribution in [3.63, 3.8) is 0 Å². The SMILES string of the molecule is Cc1nc(-c2ccccc2)ccc1C(=O)Nc1cc(C(=O)NC(C)C)ccc1Cl.